The van der Waals surface area contributed by atoms with Gasteiger partial charge < -0.3 is 10.6 Å². The molecule has 11 heteroatoms. The number of halogens is 1. The maximum Gasteiger partial charge on any atom is 0.226 e. The molecule has 4 aromatic heterocycles. The van der Waals surface area contributed by atoms with E-state index in [2.05, 4.69) is 43.0 Å². The molecular weight excluding hydrogens is 555 g/mol. The number of nitrogens with zero attached hydrogens (tertiary/aromatic N) is 9. The van der Waals surface area contributed by atoms with Crippen molar-refractivity contribution in [2.75, 3.05) is 36.8 Å². The summed E-state index contributed by atoms with van der Waals surface area (Å²) in [7, 11) is 0. The standard InChI is InChI=1S/C33H27FN10/c34-27-6-2-1-4-25(27)28-11-12-29-32(40-28)44(31(41-29)26-5-3-14-37-30(26)36)24-9-7-22(8-10-24)21-42-16-18-43(19-17-42)33-38-15-13-23(20-35)39-33/h1-15H,16-19,21H2,(H2,36,37). The van der Waals surface area contributed by atoms with Crippen LogP contribution in [0.1, 0.15) is 11.3 Å². The number of imidazole rings is 1. The Labute approximate surface area is 252 Å². The van der Waals surface area contributed by atoms with Crippen LogP contribution in [-0.2, 0) is 6.54 Å². The molecule has 1 aliphatic rings. The summed E-state index contributed by atoms with van der Waals surface area (Å²) in [5.74, 6) is 1.22. The lowest BCUT2D eigenvalue weighted by Gasteiger charge is -2.34. The Hall–Kier alpha value is -5.73. The minimum atomic E-state index is -0.337. The molecule has 7 rings (SSSR count). The van der Waals surface area contributed by atoms with E-state index in [-0.39, 0.29) is 5.82 Å². The van der Waals surface area contributed by atoms with Crippen LogP contribution in [0.15, 0.2) is 91.3 Å². The number of rotatable bonds is 6. The normalized spacial score (nSPS) is 13.7. The van der Waals surface area contributed by atoms with Crippen LogP contribution in [-0.4, -0.2) is 60.6 Å². The van der Waals surface area contributed by atoms with E-state index in [0.29, 0.717) is 51.3 Å². The number of hydrogen-bond donors (Lipinski definition) is 1. The second-order valence-electron chi connectivity index (χ2n) is 10.5. The van der Waals surface area contributed by atoms with Crippen molar-refractivity contribution >= 4 is 22.9 Å². The molecule has 2 aromatic carbocycles. The van der Waals surface area contributed by atoms with Gasteiger partial charge in [0.05, 0.1) is 11.3 Å². The van der Waals surface area contributed by atoms with Crippen molar-refractivity contribution in [1.29, 1.82) is 5.26 Å². The van der Waals surface area contributed by atoms with Gasteiger partial charge in [-0.15, -0.1) is 0 Å². The Bertz CT molecular complexity index is 2010. The molecule has 0 unspecified atom stereocenters. The predicted octanol–water partition coefficient (Wildman–Crippen LogP) is 4.85. The number of pyridine rings is 2. The number of piperazine rings is 1. The Morgan fingerprint density at radius 2 is 1.59 bits per heavy atom. The lowest BCUT2D eigenvalue weighted by molar-refractivity contribution is 0.248. The van der Waals surface area contributed by atoms with Crippen molar-refractivity contribution in [2.45, 2.75) is 6.54 Å². The summed E-state index contributed by atoms with van der Waals surface area (Å²) in [6, 6.07) is 25.9. The van der Waals surface area contributed by atoms with Crippen molar-refractivity contribution in [1.82, 2.24) is 34.4 Å². The molecule has 2 N–H and O–H groups in total. The maximum absolute atomic E-state index is 14.7. The zero-order chi connectivity index (χ0) is 30.0. The smallest absolute Gasteiger partial charge is 0.226 e. The lowest BCUT2D eigenvalue weighted by Crippen LogP contribution is -2.46. The zero-order valence-corrected chi connectivity index (χ0v) is 23.7. The first-order valence-electron chi connectivity index (χ1n) is 14.2. The number of benzene rings is 2. The van der Waals surface area contributed by atoms with E-state index in [4.69, 9.17) is 21.0 Å². The Morgan fingerprint density at radius 3 is 2.36 bits per heavy atom. The Kier molecular flexibility index (Phi) is 7.09. The largest absolute Gasteiger partial charge is 0.383 e. The van der Waals surface area contributed by atoms with E-state index in [1.54, 1.807) is 42.7 Å². The van der Waals surface area contributed by atoms with Gasteiger partial charge in [0.1, 0.15) is 28.9 Å². The SMILES string of the molecule is N#Cc1ccnc(N2CCN(Cc3ccc(-n4c(-c5cccnc5N)nc5ccc(-c6ccccc6F)nc54)cc3)CC2)n1. The van der Waals surface area contributed by atoms with E-state index in [9.17, 15) is 4.39 Å². The number of aromatic nitrogens is 6. The highest BCUT2D eigenvalue weighted by Crippen LogP contribution is 2.32. The first-order chi connectivity index (χ1) is 21.6. The van der Waals surface area contributed by atoms with E-state index in [1.807, 2.05) is 34.9 Å². The van der Waals surface area contributed by atoms with Crippen LogP contribution < -0.4 is 10.6 Å². The predicted molar refractivity (Wildman–Crippen MR) is 166 cm³/mol. The molecule has 216 valence electrons. The molecule has 6 aromatic rings. The summed E-state index contributed by atoms with van der Waals surface area (Å²) in [5.41, 5.74) is 11.6. The third-order valence-electron chi connectivity index (χ3n) is 7.75. The fraction of sp³-hybridized carbons (Fsp3) is 0.152. The summed E-state index contributed by atoms with van der Waals surface area (Å²) in [4.78, 5) is 27.2. The number of anilines is 2. The van der Waals surface area contributed by atoms with Gasteiger partial charge in [-0.3, -0.25) is 9.47 Å². The van der Waals surface area contributed by atoms with Crippen molar-refractivity contribution in [3.8, 4) is 34.4 Å². The van der Waals surface area contributed by atoms with Crippen LogP contribution in [0.2, 0.25) is 0 Å². The minimum Gasteiger partial charge on any atom is -0.383 e. The van der Waals surface area contributed by atoms with E-state index < -0.39 is 0 Å². The number of hydrogen-bond acceptors (Lipinski definition) is 9. The van der Waals surface area contributed by atoms with E-state index in [1.165, 1.54) is 6.07 Å². The molecule has 44 heavy (non-hydrogen) atoms. The molecule has 10 nitrogen and oxygen atoms in total. The van der Waals surface area contributed by atoms with Gasteiger partial charge in [0.2, 0.25) is 5.95 Å². The number of nitrogens with two attached hydrogens (primary N) is 1. The van der Waals surface area contributed by atoms with E-state index in [0.717, 1.165) is 44.0 Å². The quantitative estimate of drug-likeness (QED) is 0.293. The highest BCUT2D eigenvalue weighted by molar-refractivity contribution is 5.84. The molecule has 0 atom stereocenters. The summed E-state index contributed by atoms with van der Waals surface area (Å²) in [6.45, 7) is 4.04. The first kappa shape index (κ1) is 27.1. The maximum atomic E-state index is 14.7. The molecule has 0 radical (unpaired) electrons. The third kappa shape index (κ3) is 5.19. The molecule has 0 amide bonds. The summed E-state index contributed by atoms with van der Waals surface area (Å²) < 4.78 is 16.6. The average molecular weight is 583 g/mol. The van der Waals surface area contributed by atoms with Gasteiger partial charge in [-0.2, -0.15) is 5.26 Å². The molecule has 1 aliphatic heterocycles. The molecule has 5 heterocycles. The van der Waals surface area contributed by atoms with Crippen molar-refractivity contribution < 1.29 is 4.39 Å². The average Bonchev–Trinajstić information content (AvgIpc) is 3.44. The molecule has 0 aliphatic carbocycles. The second kappa shape index (κ2) is 11.5. The third-order valence-corrected chi connectivity index (χ3v) is 7.75. The van der Waals surface area contributed by atoms with Crippen molar-refractivity contribution in [2.24, 2.45) is 0 Å². The zero-order valence-electron chi connectivity index (χ0n) is 23.7. The summed E-state index contributed by atoms with van der Waals surface area (Å²) in [6.07, 6.45) is 3.27. The Balaban J connectivity index is 1.18. The van der Waals surface area contributed by atoms with Crippen LogP contribution in [0.5, 0.6) is 0 Å². The van der Waals surface area contributed by atoms with Gasteiger partial charge in [-0.25, -0.2) is 29.3 Å². The summed E-state index contributed by atoms with van der Waals surface area (Å²) in [5, 5.41) is 9.16. The van der Waals surface area contributed by atoms with Gasteiger partial charge in [-0.1, -0.05) is 24.3 Å². The van der Waals surface area contributed by atoms with E-state index >= 15 is 0 Å². The fourth-order valence-electron chi connectivity index (χ4n) is 5.49. The van der Waals surface area contributed by atoms with Gasteiger partial charge in [-0.05, 0) is 60.2 Å². The topological polar surface area (TPSA) is 126 Å². The second-order valence-corrected chi connectivity index (χ2v) is 10.5. The molecule has 0 bridgehead atoms. The highest BCUT2D eigenvalue weighted by atomic mass is 19.1. The van der Waals surface area contributed by atoms with Crippen LogP contribution in [0.3, 0.4) is 0 Å². The molecular formula is C33H27FN10. The van der Waals surface area contributed by atoms with Crippen molar-refractivity contribution in [3.05, 3.63) is 108 Å². The fourth-order valence-corrected chi connectivity index (χ4v) is 5.49. The lowest BCUT2D eigenvalue weighted by atomic mass is 10.1. The monoisotopic (exact) mass is 582 g/mol. The summed E-state index contributed by atoms with van der Waals surface area (Å²) >= 11 is 0. The van der Waals surface area contributed by atoms with Crippen LogP contribution in [0, 0.1) is 17.1 Å². The Morgan fingerprint density at radius 1 is 0.795 bits per heavy atom. The molecule has 1 fully saturated rings. The highest BCUT2D eigenvalue weighted by Gasteiger charge is 2.21. The number of nitriles is 1. The van der Waals surface area contributed by atoms with Crippen molar-refractivity contribution in [3.63, 3.8) is 0 Å². The van der Waals surface area contributed by atoms with Crippen LogP contribution >= 0.6 is 0 Å². The van der Waals surface area contributed by atoms with Gasteiger partial charge in [0, 0.05) is 56.4 Å². The molecule has 1 saturated heterocycles. The number of fused-ring (bicyclic) bond motifs is 1. The minimum absolute atomic E-state index is 0.337. The first-order valence-corrected chi connectivity index (χ1v) is 14.2. The molecule has 0 spiro atoms. The van der Waals surface area contributed by atoms with Gasteiger partial charge in [0.15, 0.2) is 11.5 Å². The van der Waals surface area contributed by atoms with Crippen LogP contribution in [0.4, 0.5) is 16.2 Å². The van der Waals surface area contributed by atoms with Gasteiger partial charge >= 0.3 is 0 Å². The molecule has 0 saturated carbocycles. The van der Waals surface area contributed by atoms with Crippen LogP contribution in [0.25, 0.3) is 39.5 Å². The number of nitrogen functional groups attached to an aromatic ring is 1. The van der Waals surface area contributed by atoms with Gasteiger partial charge in [0.25, 0.3) is 0 Å².